The maximum absolute atomic E-state index is 12.1. The average molecular weight is 323 g/mol. The molecule has 1 aromatic rings. The summed E-state index contributed by atoms with van der Waals surface area (Å²) in [6.07, 6.45) is 2.01. The minimum Gasteiger partial charge on any atom is -0.353 e. The predicted octanol–water partition coefficient (Wildman–Crippen LogP) is 2.65. The van der Waals surface area contributed by atoms with Crippen LogP contribution in [0, 0.1) is 5.92 Å². The van der Waals surface area contributed by atoms with E-state index in [4.69, 9.17) is 11.6 Å². The molecular formula is C17H23ClN2O2. The number of carbonyl (C=O) groups excluding carboxylic acids is 2. The van der Waals surface area contributed by atoms with E-state index >= 15 is 0 Å². The molecule has 120 valence electrons. The number of rotatable bonds is 4. The number of likely N-dealkylation sites (tertiary alicyclic amines) is 1. The summed E-state index contributed by atoms with van der Waals surface area (Å²) in [5.41, 5.74) is 0.953. The van der Waals surface area contributed by atoms with Crippen LogP contribution in [-0.2, 0) is 16.0 Å². The van der Waals surface area contributed by atoms with Crippen molar-refractivity contribution in [2.45, 2.75) is 39.2 Å². The number of halogens is 1. The number of nitrogens with zero attached hydrogens (tertiary/aromatic N) is 1. The minimum atomic E-state index is 0.0240. The van der Waals surface area contributed by atoms with Gasteiger partial charge in [-0.1, -0.05) is 37.6 Å². The Labute approximate surface area is 136 Å². The first-order valence-electron chi connectivity index (χ1n) is 7.78. The fourth-order valence-electron chi connectivity index (χ4n) is 2.68. The van der Waals surface area contributed by atoms with E-state index in [0.29, 0.717) is 11.4 Å². The van der Waals surface area contributed by atoms with Crippen LogP contribution in [0.2, 0.25) is 5.02 Å². The summed E-state index contributed by atoms with van der Waals surface area (Å²) in [6, 6.07) is 7.48. The lowest BCUT2D eigenvalue weighted by molar-refractivity contribution is -0.135. The van der Waals surface area contributed by atoms with Crippen molar-refractivity contribution in [3.63, 3.8) is 0 Å². The third-order valence-electron chi connectivity index (χ3n) is 3.94. The number of nitrogens with one attached hydrogen (secondary N) is 1. The van der Waals surface area contributed by atoms with Crippen LogP contribution in [0.4, 0.5) is 0 Å². The summed E-state index contributed by atoms with van der Waals surface area (Å²) in [4.78, 5) is 25.9. The van der Waals surface area contributed by atoms with E-state index in [1.165, 1.54) is 0 Å². The Hall–Kier alpha value is -1.55. The van der Waals surface area contributed by atoms with Gasteiger partial charge < -0.3 is 10.2 Å². The minimum absolute atomic E-state index is 0.0240. The van der Waals surface area contributed by atoms with E-state index in [1.54, 1.807) is 12.1 Å². The smallest absolute Gasteiger partial charge is 0.225 e. The Morgan fingerprint density at radius 2 is 1.82 bits per heavy atom. The van der Waals surface area contributed by atoms with Crippen LogP contribution in [0.25, 0.3) is 0 Å². The van der Waals surface area contributed by atoms with E-state index in [0.717, 1.165) is 31.5 Å². The van der Waals surface area contributed by atoms with Gasteiger partial charge in [-0.2, -0.15) is 0 Å². The largest absolute Gasteiger partial charge is 0.353 e. The molecular weight excluding hydrogens is 300 g/mol. The molecule has 0 saturated carbocycles. The van der Waals surface area contributed by atoms with Crippen LogP contribution >= 0.6 is 11.6 Å². The molecule has 0 aliphatic carbocycles. The highest BCUT2D eigenvalue weighted by atomic mass is 35.5. The summed E-state index contributed by atoms with van der Waals surface area (Å²) >= 11 is 5.83. The van der Waals surface area contributed by atoms with Crippen LogP contribution in [0.15, 0.2) is 24.3 Å². The molecule has 22 heavy (non-hydrogen) atoms. The van der Waals surface area contributed by atoms with Gasteiger partial charge in [0, 0.05) is 30.1 Å². The van der Waals surface area contributed by atoms with Crippen LogP contribution in [0.5, 0.6) is 0 Å². The van der Waals surface area contributed by atoms with Gasteiger partial charge >= 0.3 is 0 Å². The van der Waals surface area contributed by atoms with Gasteiger partial charge in [-0.15, -0.1) is 0 Å². The lowest BCUT2D eigenvalue weighted by atomic mass is 10.0. The van der Waals surface area contributed by atoms with Crippen molar-refractivity contribution in [3.05, 3.63) is 34.9 Å². The van der Waals surface area contributed by atoms with E-state index in [1.807, 2.05) is 30.9 Å². The molecule has 1 N–H and O–H groups in total. The molecule has 0 unspecified atom stereocenters. The normalized spacial score (nSPS) is 15.9. The van der Waals surface area contributed by atoms with Gasteiger partial charge in [0.2, 0.25) is 11.8 Å². The van der Waals surface area contributed by atoms with Crippen molar-refractivity contribution >= 4 is 23.4 Å². The highest BCUT2D eigenvalue weighted by Crippen LogP contribution is 2.14. The molecule has 0 spiro atoms. The molecule has 0 aromatic heterocycles. The van der Waals surface area contributed by atoms with Crippen LogP contribution in [0.3, 0.4) is 0 Å². The van der Waals surface area contributed by atoms with Crippen LogP contribution < -0.4 is 5.32 Å². The highest BCUT2D eigenvalue weighted by molar-refractivity contribution is 6.30. The molecule has 1 saturated heterocycles. The van der Waals surface area contributed by atoms with Crippen molar-refractivity contribution in [1.29, 1.82) is 0 Å². The van der Waals surface area contributed by atoms with E-state index in [9.17, 15) is 9.59 Å². The Kier molecular flexibility index (Phi) is 5.83. The van der Waals surface area contributed by atoms with Gasteiger partial charge in [0.15, 0.2) is 0 Å². The third kappa shape index (κ3) is 4.73. The summed E-state index contributed by atoms with van der Waals surface area (Å²) < 4.78 is 0. The zero-order valence-corrected chi connectivity index (χ0v) is 13.9. The Bertz CT molecular complexity index is 520. The standard InChI is InChI=1S/C17H23ClN2O2/c1-12(2)17(22)20-9-7-15(8-10-20)19-16(21)11-13-3-5-14(18)6-4-13/h3-6,12,15H,7-11H2,1-2H3,(H,19,21). The van der Waals surface area contributed by atoms with E-state index in [2.05, 4.69) is 5.32 Å². The van der Waals surface area contributed by atoms with E-state index in [-0.39, 0.29) is 23.8 Å². The van der Waals surface area contributed by atoms with Crippen molar-refractivity contribution < 1.29 is 9.59 Å². The summed E-state index contributed by atoms with van der Waals surface area (Å²) in [7, 11) is 0. The molecule has 1 aromatic carbocycles. The van der Waals surface area contributed by atoms with Crippen LogP contribution in [0.1, 0.15) is 32.3 Å². The maximum atomic E-state index is 12.1. The SMILES string of the molecule is CC(C)C(=O)N1CCC(NC(=O)Cc2ccc(Cl)cc2)CC1. The van der Waals surface area contributed by atoms with Crippen LogP contribution in [-0.4, -0.2) is 35.8 Å². The fourth-order valence-corrected chi connectivity index (χ4v) is 2.80. The number of amides is 2. The first-order valence-corrected chi connectivity index (χ1v) is 8.16. The number of piperidine rings is 1. The molecule has 2 amide bonds. The molecule has 0 bridgehead atoms. The predicted molar refractivity (Wildman–Crippen MR) is 87.7 cm³/mol. The summed E-state index contributed by atoms with van der Waals surface area (Å²) in [6.45, 7) is 5.29. The molecule has 1 heterocycles. The second-order valence-electron chi connectivity index (χ2n) is 6.13. The lowest BCUT2D eigenvalue weighted by Crippen LogP contribution is -2.47. The number of hydrogen-bond acceptors (Lipinski definition) is 2. The zero-order chi connectivity index (χ0) is 16.1. The first kappa shape index (κ1) is 16.8. The van der Waals surface area contributed by atoms with Crippen molar-refractivity contribution in [2.75, 3.05) is 13.1 Å². The fraction of sp³-hybridized carbons (Fsp3) is 0.529. The Balaban J connectivity index is 1.77. The van der Waals surface area contributed by atoms with Gasteiger partial charge in [0.1, 0.15) is 0 Å². The second kappa shape index (κ2) is 7.63. The highest BCUT2D eigenvalue weighted by Gasteiger charge is 2.24. The quantitative estimate of drug-likeness (QED) is 0.926. The number of hydrogen-bond donors (Lipinski definition) is 1. The van der Waals surface area contributed by atoms with Gasteiger partial charge in [-0.3, -0.25) is 9.59 Å². The second-order valence-corrected chi connectivity index (χ2v) is 6.56. The zero-order valence-electron chi connectivity index (χ0n) is 13.1. The first-order chi connectivity index (χ1) is 10.5. The average Bonchev–Trinajstić information content (AvgIpc) is 2.49. The molecule has 4 nitrogen and oxygen atoms in total. The summed E-state index contributed by atoms with van der Waals surface area (Å²) in [5.74, 6) is 0.262. The number of carbonyl (C=O) groups is 2. The molecule has 1 aliphatic rings. The molecule has 5 heteroatoms. The van der Waals surface area contributed by atoms with E-state index < -0.39 is 0 Å². The lowest BCUT2D eigenvalue weighted by Gasteiger charge is -2.33. The molecule has 1 aliphatic heterocycles. The molecule has 1 fully saturated rings. The summed E-state index contributed by atoms with van der Waals surface area (Å²) in [5, 5.41) is 3.73. The van der Waals surface area contributed by atoms with Crippen molar-refractivity contribution in [2.24, 2.45) is 5.92 Å². The molecule has 0 radical (unpaired) electrons. The maximum Gasteiger partial charge on any atom is 0.225 e. The van der Waals surface area contributed by atoms with Gasteiger partial charge in [0.05, 0.1) is 6.42 Å². The van der Waals surface area contributed by atoms with Crippen molar-refractivity contribution in [1.82, 2.24) is 10.2 Å². The molecule has 0 atom stereocenters. The van der Waals surface area contributed by atoms with Crippen molar-refractivity contribution in [3.8, 4) is 0 Å². The monoisotopic (exact) mass is 322 g/mol. The number of benzene rings is 1. The topological polar surface area (TPSA) is 49.4 Å². The Morgan fingerprint density at radius 1 is 1.23 bits per heavy atom. The Morgan fingerprint density at radius 3 is 2.36 bits per heavy atom. The van der Waals surface area contributed by atoms with Gasteiger partial charge in [-0.25, -0.2) is 0 Å². The third-order valence-corrected chi connectivity index (χ3v) is 4.20. The van der Waals surface area contributed by atoms with Gasteiger partial charge in [0.25, 0.3) is 0 Å². The molecule has 2 rings (SSSR count). The van der Waals surface area contributed by atoms with Gasteiger partial charge in [-0.05, 0) is 30.5 Å².